The van der Waals surface area contributed by atoms with Gasteiger partial charge < -0.3 is 9.64 Å². The molecule has 0 bridgehead atoms. The molecular formula is C12H12N2O2. The number of carbonyl (C=O) groups excluding carboxylic acids is 1. The van der Waals surface area contributed by atoms with Crippen LogP contribution >= 0.6 is 0 Å². The number of morpholine rings is 1. The summed E-state index contributed by atoms with van der Waals surface area (Å²) in [7, 11) is 0. The summed E-state index contributed by atoms with van der Waals surface area (Å²) in [6.07, 6.45) is 0. The van der Waals surface area contributed by atoms with Crippen LogP contribution in [0.1, 0.15) is 15.9 Å². The minimum absolute atomic E-state index is 0.0829. The first kappa shape index (κ1) is 10.7. The summed E-state index contributed by atoms with van der Waals surface area (Å²) in [4.78, 5) is 13.8. The van der Waals surface area contributed by atoms with Gasteiger partial charge in [0.05, 0.1) is 30.4 Å². The molecule has 0 N–H and O–H groups in total. The maximum atomic E-state index is 12.1. The molecule has 16 heavy (non-hydrogen) atoms. The van der Waals surface area contributed by atoms with E-state index in [0.29, 0.717) is 37.4 Å². The van der Waals surface area contributed by atoms with Crippen molar-refractivity contribution in [2.75, 3.05) is 26.3 Å². The number of ether oxygens (including phenoxy) is 1. The van der Waals surface area contributed by atoms with Crippen molar-refractivity contribution < 1.29 is 9.53 Å². The molecule has 1 amide bonds. The quantitative estimate of drug-likeness (QED) is 0.704. The van der Waals surface area contributed by atoms with Gasteiger partial charge in [-0.3, -0.25) is 4.79 Å². The van der Waals surface area contributed by atoms with Crippen molar-refractivity contribution in [3.05, 3.63) is 35.4 Å². The molecule has 1 aliphatic heterocycles. The van der Waals surface area contributed by atoms with E-state index in [2.05, 4.69) is 0 Å². The van der Waals surface area contributed by atoms with Crippen LogP contribution < -0.4 is 0 Å². The van der Waals surface area contributed by atoms with Crippen LogP contribution in [-0.4, -0.2) is 37.1 Å². The van der Waals surface area contributed by atoms with Crippen LogP contribution in [0.3, 0.4) is 0 Å². The first-order chi connectivity index (χ1) is 7.83. The summed E-state index contributed by atoms with van der Waals surface area (Å²) in [6, 6.07) is 8.92. The molecule has 1 aliphatic rings. The highest BCUT2D eigenvalue weighted by Crippen LogP contribution is 2.11. The SMILES string of the molecule is N#Cc1ccccc1C(=O)N1CCOCC1. The van der Waals surface area contributed by atoms with Gasteiger partial charge in [-0.25, -0.2) is 0 Å². The Hall–Kier alpha value is -1.86. The number of amides is 1. The minimum atomic E-state index is -0.0829. The number of rotatable bonds is 1. The predicted octanol–water partition coefficient (Wildman–Crippen LogP) is 1.03. The average molecular weight is 216 g/mol. The molecule has 0 radical (unpaired) electrons. The second kappa shape index (κ2) is 4.77. The molecule has 0 saturated carbocycles. The largest absolute Gasteiger partial charge is 0.378 e. The van der Waals surface area contributed by atoms with E-state index >= 15 is 0 Å². The van der Waals surface area contributed by atoms with Crippen LogP contribution in [0.15, 0.2) is 24.3 Å². The third-order valence-corrected chi connectivity index (χ3v) is 2.58. The van der Waals surface area contributed by atoms with Crippen LogP contribution in [0.4, 0.5) is 0 Å². The number of hydrogen-bond acceptors (Lipinski definition) is 3. The minimum Gasteiger partial charge on any atom is -0.378 e. The van der Waals surface area contributed by atoms with Crippen LogP contribution in [0.5, 0.6) is 0 Å². The number of benzene rings is 1. The van der Waals surface area contributed by atoms with Gasteiger partial charge in [-0.05, 0) is 12.1 Å². The molecule has 1 aromatic rings. The first-order valence-electron chi connectivity index (χ1n) is 5.19. The number of nitriles is 1. The zero-order valence-corrected chi connectivity index (χ0v) is 8.85. The van der Waals surface area contributed by atoms with Crippen molar-refractivity contribution in [2.24, 2.45) is 0 Å². The lowest BCUT2D eigenvalue weighted by atomic mass is 10.1. The van der Waals surface area contributed by atoms with E-state index in [-0.39, 0.29) is 5.91 Å². The molecule has 0 aromatic heterocycles. The maximum absolute atomic E-state index is 12.1. The van der Waals surface area contributed by atoms with Crippen molar-refractivity contribution in [3.63, 3.8) is 0 Å². The smallest absolute Gasteiger partial charge is 0.255 e. The Balaban J connectivity index is 2.23. The monoisotopic (exact) mass is 216 g/mol. The molecule has 0 unspecified atom stereocenters. The van der Waals surface area contributed by atoms with Gasteiger partial charge in [0.25, 0.3) is 5.91 Å². The number of hydrogen-bond donors (Lipinski definition) is 0. The Morgan fingerprint density at radius 3 is 2.69 bits per heavy atom. The van der Waals surface area contributed by atoms with Gasteiger partial charge in [0.2, 0.25) is 0 Å². The molecule has 82 valence electrons. The lowest BCUT2D eigenvalue weighted by Crippen LogP contribution is -2.40. The van der Waals surface area contributed by atoms with Gasteiger partial charge >= 0.3 is 0 Å². The lowest BCUT2D eigenvalue weighted by molar-refractivity contribution is 0.0302. The maximum Gasteiger partial charge on any atom is 0.255 e. The van der Waals surface area contributed by atoms with E-state index < -0.39 is 0 Å². The third-order valence-electron chi connectivity index (χ3n) is 2.58. The van der Waals surface area contributed by atoms with E-state index in [9.17, 15) is 4.79 Å². The van der Waals surface area contributed by atoms with Crippen molar-refractivity contribution >= 4 is 5.91 Å². The fourth-order valence-corrected chi connectivity index (χ4v) is 1.70. The standard InChI is InChI=1S/C12H12N2O2/c13-9-10-3-1-2-4-11(10)12(15)14-5-7-16-8-6-14/h1-4H,5-8H2. The van der Waals surface area contributed by atoms with E-state index in [1.54, 1.807) is 29.2 Å². The molecule has 1 fully saturated rings. The molecule has 1 heterocycles. The Morgan fingerprint density at radius 2 is 2.00 bits per heavy atom. The zero-order chi connectivity index (χ0) is 11.4. The second-order valence-corrected chi connectivity index (χ2v) is 3.56. The first-order valence-corrected chi connectivity index (χ1v) is 5.19. The summed E-state index contributed by atoms with van der Waals surface area (Å²) in [5.41, 5.74) is 0.908. The van der Waals surface area contributed by atoms with Crippen molar-refractivity contribution in [1.29, 1.82) is 5.26 Å². The Morgan fingerprint density at radius 1 is 1.31 bits per heavy atom. The molecule has 2 rings (SSSR count). The molecule has 4 heteroatoms. The summed E-state index contributed by atoms with van der Waals surface area (Å²) < 4.78 is 5.18. The fourth-order valence-electron chi connectivity index (χ4n) is 1.70. The van der Waals surface area contributed by atoms with Gasteiger partial charge in [0.15, 0.2) is 0 Å². The second-order valence-electron chi connectivity index (χ2n) is 3.56. The Labute approximate surface area is 94.0 Å². The summed E-state index contributed by atoms with van der Waals surface area (Å²) in [5, 5.41) is 8.92. The highest BCUT2D eigenvalue weighted by atomic mass is 16.5. The summed E-state index contributed by atoms with van der Waals surface area (Å²) in [6.45, 7) is 2.33. The lowest BCUT2D eigenvalue weighted by Gasteiger charge is -2.27. The molecule has 0 aliphatic carbocycles. The van der Waals surface area contributed by atoms with E-state index in [0.717, 1.165) is 0 Å². The van der Waals surface area contributed by atoms with E-state index in [4.69, 9.17) is 10.00 Å². The van der Waals surface area contributed by atoms with Crippen LogP contribution in [0.25, 0.3) is 0 Å². The van der Waals surface area contributed by atoms with E-state index in [1.165, 1.54) is 0 Å². The molecule has 0 atom stereocenters. The highest BCUT2D eigenvalue weighted by molar-refractivity contribution is 5.96. The Bertz CT molecular complexity index is 431. The molecule has 1 aromatic carbocycles. The number of nitrogens with zero attached hydrogens (tertiary/aromatic N) is 2. The van der Waals surface area contributed by atoms with Crippen molar-refractivity contribution in [1.82, 2.24) is 4.90 Å². The Kier molecular flexibility index (Phi) is 3.18. The summed E-state index contributed by atoms with van der Waals surface area (Å²) >= 11 is 0. The van der Waals surface area contributed by atoms with Gasteiger partial charge in [-0.2, -0.15) is 5.26 Å². The van der Waals surface area contributed by atoms with Gasteiger partial charge in [-0.15, -0.1) is 0 Å². The van der Waals surface area contributed by atoms with Crippen LogP contribution in [0, 0.1) is 11.3 Å². The van der Waals surface area contributed by atoms with Gasteiger partial charge in [-0.1, -0.05) is 12.1 Å². The molecule has 1 saturated heterocycles. The fraction of sp³-hybridized carbons (Fsp3) is 0.333. The van der Waals surface area contributed by atoms with Crippen LogP contribution in [-0.2, 0) is 4.74 Å². The summed E-state index contributed by atoms with van der Waals surface area (Å²) in [5.74, 6) is -0.0829. The van der Waals surface area contributed by atoms with Crippen molar-refractivity contribution in [2.45, 2.75) is 0 Å². The predicted molar refractivity (Wildman–Crippen MR) is 57.9 cm³/mol. The highest BCUT2D eigenvalue weighted by Gasteiger charge is 2.20. The van der Waals surface area contributed by atoms with Crippen LogP contribution in [0.2, 0.25) is 0 Å². The normalized spacial score (nSPS) is 15.6. The third kappa shape index (κ3) is 2.05. The van der Waals surface area contributed by atoms with Gasteiger partial charge in [0, 0.05) is 13.1 Å². The topological polar surface area (TPSA) is 53.3 Å². The zero-order valence-electron chi connectivity index (χ0n) is 8.85. The molecule has 4 nitrogen and oxygen atoms in total. The van der Waals surface area contributed by atoms with E-state index in [1.807, 2.05) is 6.07 Å². The molecule has 0 spiro atoms. The van der Waals surface area contributed by atoms with Crippen molar-refractivity contribution in [3.8, 4) is 6.07 Å². The number of carbonyl (C=O) groups is 1. The molecular weight excluding hydrogens is 204 g/mol. The van der Waals surface area contributed by atoms with Gasteiger partial charge in [0.1, 0.15) is 0 Å². The average Bonchev–Trinajstić information content (AvgIpc) is 2.39.